The van der Waals surface area contributed by atoms with Gasteiger partial charge in [-0.1, -0.05) is 0 Å². The monoisotopic (exact) mass is 284 g/mol. The Morgan fingerprint density at radius 3 is 2.95 bits per heavy atom. The lowest BCUT2D eigenvalue weighted by Crippen LogP contribution is -2.19. The number of carbonyl (C=O) groups is 1. The van der Waals surface area contributed by atoms with Crippen LogP contribution in [-0.2, 0) is 18.4 Å². The van der Waals surface area contributed by atoms with Crippen molar-refractivity contribution in [3.63, 3.8) is 0 Å². The van der Waals surface area contributed by atoms with Crippen LogP contribution >= 0.6 is 0 Å². The molecule has 3 heterocycles. The third-order valence-electron chi connectivity index (χ3n) is 2.68. The Hall–Kier alpha value is -3.10. The molecular formula is C12H12N8O. The van der Waals surface area contributed by atoms with Crippen LogP contribution in [0.15, 0.2) is 37.2 Å². The maximum Gasteiger partial charge on any atom is 0.247 e. The van der Waals surface area contributed by atoms with Crippen molar-refractivity contribution in [2.45, 2.75) is 6.54 Å². The maximum atomic E-state index is 11.9. The van der Waals surface area contributed by atoms with Gasteiger partial charge in [-0.2, -0.15) is 15.0 Å². The van der Waals surface area contributed by atoms with E-state index in [1.54, 1.807) is 31.7 Å². The molecule has 0 aliphatic heterocycles. The van der Waals surface area contributed by atoms with E-state index in [-0.39, 0.29) is 12.5 Å². The molecule has 0 aliphatic rings. The molecule has 0 saturated heterocycles. The predicted molar refractivity (Wildman–Crippen MR) is 72.9 cm³/mol. The van der Waals surface area contributed by atoms with Crippen LogP contribution in [0.25, 0.3) is 11.3 Å². The molecule has 9 nitrogen and oxygen atoms in total. The number of aromatic nitrogens is 7. The average Bonchev–Trinajstić information content (AvgIpc) is 3.09. The summed E-state index contributed by atoms with van der Waals surface area (Å²) in [4.78, 5) is 21.2. The summed E-state index contributed by atoms with van der Waals surface area (Å²) in [5.41, 5.74) is 1.58. The zero-order valence-corrected chi connectivity index (χ0v) is 11.2. The third-order valence-corrected chi connectivity index (χ3v) is 2.68. The Bertz CT molecular complexity index is 747. The van der Waals surface area contributed by atoms with E-state index in [1.165, 1.54) is 22.0 Å². The van der Waals surface area contributed by atoms with Gasteiger partial charge in [0.2, 0.25) is 5.91 Å². The molecule has 3 rings (SSSR count). The molecule has 106 valence electrons. The molecule has 1 N–H and O–H groups in total. The van der Waals surface area contributed by atoms with Crippen LogP contribution in [0.1, 0.15) is 0 Å². The van der Waals surface area contributed by atoms with Gasteiger partial charge in [-0.25, -0.2) is 9.97 Å². The van der Waals surface area contributed by atoms with Crippen LogP contribution in [0.5, 0.6) is 0 Å². The fourth-order valence-corrected chi connectivity index (χ4v) is 1.78. The Labute approximate surface area is 119 Å². The van der Waals surface area contributed by atoms with Crippen LogP contribution < -0.4 is 5.32 Å². The van der Waals surface area contributed by atoms with Gasteiger partial charge in [-0.05, 0) is 6.07 Å². The van der Waals surface area contributed by atoms with Crippen molar-refractivity contribution in [3.05, 3.63) is 37.2 Å². The van der Waals surface area contributed by atoms with Gasteiger partial charge in [0.15, 0.2) is 5.82 Å². The minimum absolute atomic E-state index is 0.0850. The third kappa shape index (κ3) is 3.08. The van der Waals surface area contributed by atoms with Gasteiger partial charge in [0.05, 0.1) is 18.1 Å². The Morgan fingerprint density at radius 1 is 1.33 bits per heavy atom. The van der Waals surface area contributed by atoms with Crippen LogP contribution in [-0.4, -0.2) is 40.6 Å². The minimum atomic E-state index is -0.229. The number of rotatable bonds is 4. The van der Waals surface area contributed by atoms with Gasteiger partial charge in [-0.15, -0.1) is 5.10 Å². The lowest BCUT2D eigenvalue weighted by molar-refractivity contribution is -0.116. The highest BCUT2D eigenvalue weighted by Crippen LogP contribution is 2.14. The Balaban J connectivity index is 1.66. The van der Waals surface area contributed by atoms with E-state index in [4.69, 9.17) is 0 Å². The number of anilines is 1. The summed E-state index contributed by atoms with van der Waals surface area (Å²) in [7, 11) is 1.68. The van der Waals surface area contributed by atoms with Crippen molar-refractivity contribution >= 4 is 11.7 Å². The summed E-state index contributed by atoms with van der Waals surface area (Å²) in [5, 5.41) is 14.6. The summed E-state index contributed by atoms with van der Waals surface area (Å²) in [5.74, 6) is 0.179. The van der Waals surface area contributed by atoms with Crippen molar-refractivity contribution in [2.75, 3.05) is 5.32 Å². The fraction of sp³-hybridized carbons (Fsp3) is 0.167. The van der Waals surface area contributed by atoms with Gasteiger partial charge >= 0.3 is 0 Å². The number of nitrogens with zero attached hydrogens (tertiary/aromatic N) is 7. The summed E-state index contributed by atoms with van der Waals surface area (Å²) in [6.45, 7) is 0.0850. The van der Waals surface area contributed by atoms with E-state index in [9.17, 15) is 4.79 Å². The van der Waals surface area contributed by atoms with E-state index in [1.807, 2.05) is 0 Å². The zero-order valence-electron chi connectivity index (χ0n) is 11.2. The molecule has 3 aromatic rings. The molecule has 0 radical (unpaired) electrons. The predicted octanol–water partition coefficient (Wildman–Crippen LogP) is 0.107. The molecule has 0 saturated carbocycles. The van der Waals surface area contributed by atoms with E-state index < -0.39 is 0 Å². The molecule has 9 heteroatoms. The first-order valence-corrected chi connectivity index (χ1v) is 6.16. The first-order valence-electron chi connectivity index (χ1n) is 6.16. The van der Waals surface area contributed by atoms with Gasteiger partial charge in [0, 0.05) is 25.0 Å². The van der Waals surface area contributed by atoms with E-state index >= 15 is 0 Å². The number of carbonyl (C=O) groups excluding carboxylic acids is 1. The molecule has 21 heavy (non-hydrogen) atoms. The second kappa shape index (κ2) is 5.49. The standard InChI is InChI=1S/C12H12N8O/c1-19-15-5-11(18-19)17-12(21)7-20-6-9(4-16-20)10-2-3-13-8-14-10/h2-6,8H,7H2,1H3,(H,17,18,21). The van der Waals surface area contributed by atoms with Crippen LogP contribution in [0.4, 0.5) is 5.82 Å². The Kier molecular flexibility index (Phi) is 3.37. The molecule has 1 amide bonds. The summed E-state index contributed by atoms with van der Waals surface area (Å²) in [6.07, 6.45) is 8.00. The van der Waals surface area contributed by atoms with Crippen LogP contribution in [0.3, 0.4) is 0 Å². The topological polar surface area (TPSA) is 103 Å². The van der Waals surface area contributed by atoms with Gasteiger partial charge < -0.3 is 5.32 Å². The van der Waals surface area contributed by atoms with Crippen molar-refractivity contribution in [1.82, 2.24) is 34.7 Å². The van der Waals surface area contributed by atoms with Crippen molar-refractivity contribution in [1.29, 1.82) is 0 Å². The second-order valence-electron chi connectivity index (χ2n) is 4.29. The lowest BCUT2D eigenvalue weighted by atomic mass is 10.2. The average molecular weight is 284 g/mol. The number of nitrogens with one attached hydrogen (secondary N) is 1. The van der Waals surface area contributed by atoms with Crippen LogP contribution in [0, 0.1) is 0 Å². The molecule has 0 spiro atoms. The number of hydrogen-bond acceptors (Lipinski definition) is 6. The maximum absolute atomic E-state index is 11.9. The quantitative estimate of drug-likeness (QED) is 0.729. The molecule has 3 aromatic heterocycles. The van der Waals surface area contributed by atoms with E-state index in [0.29, 0.717) is 5.82 Å². The van der Waals surface area contributed by atoms with Gasteiger partial charge in [-0.3, -0.25) is 9.48 Å². The van der Waals surface area contributed by atoms with Crippen LogP contribution in [0.2, 0.25) is 0 Å². The highest BCUT2D eigenvalue weighted by atomic mass is 16.2. The molecule has 0 atom stereocenters. The lowest BCUT2D eigenvalue weighted by Gasteiger charge is -2.01. The number of hydrogen-bond donors (Lipinski definition) is 1. The first kappa shape index (κ1) is 12.9. The molecular weight excluding hydrogens is 272 g/mol. The van der Waals surface area contributed by atoms with Crippen molar-refractivity contribution < 1.29 is 4.79 Å². The summed E-state index contributed by atoms with van der Waals surface area (Å²) in [6, 6.07) is 1.78. The molecule has 0 aliphatic carbocycles. The summed E-state index contributed by atoms with van der Waals surface area (Å²) < 4.78 is 1.53. The largest absolute Gasteiger partial charge is 0.306 e. The highest BCUT2D eigenvalue weighted by molar-refractivity contribution is 5.89. The first-order chi connectivity index (χ1) is 10.2. The second-order valence-corrected chi connectivity index (χ2v) is 4.29. The van der Waals surface area contributed by atoms with Gasteiger partial charge in [0.25, 0.3) is 0 Å². The molecule has 0 unspecified atom stereocenters. The highest BCUT2D eigenvalue weighted by Gasteiger charge is 2.08. The van der Waals surface area contributed by atoms with E-state index in [2.05, 4.69) is 30.6 Å². The normalized spacial score (nSPS) is 10.5. The summed E-state index contributed by atoms with van der Waals surface area (Å²) >= 11 is 0. The Morgan fingerprint density at radius 2 is 2.24 bits per heavy atom. The minimum Gasteiger partial charge on any atom is -0.306 e. The zero-order chi connectivity index (χ0) is 14.7. The molecule has 0 bridgehead atoms. The molecule has 0 fully saturated rings. The van der Waals surface area contributed by atoms with Gasteiger partial charge in [0.1, 0.15) is 12.9 Å². The smallest absolute Gasteiger partial charge is 0.247 e. The number of aryl methyl sites for hydroxylation is 1. The number of amides is 1. The SMILES string of the molecule is Cn1ncc(NC(=O)Cn2cc(-c3ccncn3)cn2)n1. The van der Waals surface area contributed by atoms with Crippen molar-refractivity contribution in [2.24, 2.45) is 7.05 Å². The van der Waals surface area contributed by atoms with Crippen molar-refractivity contribution in [3.8, 4) is 11.3 Å². The molecule has 0 aromatic carbocycles. The fourth-order valence-electron chi connectivity index (χ4n) is 1.78. The van der Waals surface area contributed by atoms with E-state index in [0.717, 1.165) is 11.3 Å².